The molecule has 0 aromatic carbocycles. The number of hydrogen-bond acceptors (Lipinski definition) is 4. The van der Waals surface area contributed by atoms with Crippen LogP contribution in [0.5, 0.6) is 0 Å². The van der Waals surface area contributed by atoms with Crippen molar-refractivity contribution in [3.8, 4) is 0 Å². The summed E-state index contributed by atoms with van der Waals surface area (Å²) in [7, 11) is 0. The van der Waals surface area contributed by atoms with Crippen molar-refractivity contribution >= 4 is 11.6 Å². The molecular weight excluding hydrogens is 224 g/mol. The Bertz CT molecular complexity index is 334. The molecule has 1 aromatic heterocycles. The molecule has 0 radical (unpaired) electrons. The summed E-state index contributed by atoms with van der Waals surface area (Å²) in [5, 5.41) is 6.77. The van der Waals surface area contributed by atoms with Crippen LogP contribution in [-0.4, -0.2) is 23.1 Å². The van der Waals surface area contributed by atoms with Gasteiger partial charge in [0.05, 0.1) is 0 Å². The van der Waals surface area contributed by atoms with Gasteiger partial charge in [-0.2, -0.15) is 0 Å². The van der Waals surface area contributed by atoms with E-state index in [9.17, 15) is 0 Å². The van der Waals surface area contributed by atoms with Crippen LogP contribution in [0.4, 0.5) is 11.6 Å². The first-order chi connectivity index (χ1) is 8.72. The van der Waals surface area contributed by atoms with Crippen LogP contribution in [0.25, 0.3) is 0 Å². The summed E-state index contributed by atoms with van der Waals surface area (Å²) in [5.74, 6) is 2.89. The Kier molecular flexibility index (Phi) is 6.47. The highest BCUT2D eigenvalue weighted by Crippen LogP contribution is 2.20. The smallest absolute Gasteiger partial charge is 0.134 e. The van der Waals surface area contributed by atoms with Crippen molar-refractivity contribution in [3.05, 3.63) is 11.4 Å². The second-order valence-corrected chi connectivity index (χ2v) is 4.57. The van der Waals surface area contributed by atoms with Crippen LogP contribution in [0.15, 0.2) is 0 Å². The predicted molar refractivity (Wildman–Crippen MR) is 78.3 cm³/mol. The van der Waals surface area contributed by atoms with Gasteiger partial charge in [0, 0.05) is 25.1 Å². The van der Waals surface area contributed by atoms with E-state index in [0.29, 0.717) is 0 Å². The van der Waals surface area contributed by atoms with Gasteiger partial charge < -0.3 is 10.6 Å². The van der Waals surface area contributed by atoms with Crippen molar-refractivity contribution in [2.75, 3.05) is 23.7 Å². The van der Waals surface area contributed by atoms with Gasteiger partial charge in [0.15, 0.2) is 0 Å². The lowest BCUT2D eigenvalue weighted by Crippen LogP contribution is -2.12. The van der Waals surface area contributed by atoms with Crippen molar-refractivity contribution < 1.29 is 0 Å². The first kappa shape index (κ1) is 14.7. The quantitative estimate of drug-likeness (QED) is 0.742. The minimum absolute atomic E-state index is 0.931. The average Bonchev–Trinajstić information content (AvgIpc) is 2.37. The van der Waals surface area contributed by atoms with E-state index in [1.54, 1.807) is 0 Å². The van der Waals surface area contributed by atoms with Crippen LogP contribution in [-0.2, 0) is 6.42 Å². The molecule has 0 aliphatic carbocycles. The molecule has 4 nitrogen and oxygen atoms in total. The molecule has 102 valence electrons. The van der Waals surface area contributed by atoms with Crippen LogP contribution in [0.1, 0.15) is 51.4 Å². The van der Waals surface area contributed by atoms with E-state index in [0.717, 1.165) is 61.8 Å². The van der Waals surface area contributed by atoms with Gasteiger partial charge in [-0.05, 0) is 26.2 Å². The fraction of sp³-hybridized carbons (Fsp3) is 0.714. The first-order valence-electron chi connectivity index (χ1n) is 7.08. The third kappa shape index (κ3) is 4.17. The molecule has 1 rings (SSSR count). The summed E-state index contributed by atoms with van der Waals surface area (Å²) in [6.45, 7) is 10.5. The molecule has 18 heavy (non-hydrogen) atoms. The third-order valence-electron chi connectivity index (χ3n) is 2.75. The lowest BCUT2D eigenvalue weighted by atomic mass is 10.2. The molecule has 0 aliphatic rings. The van der Waals surface area contributed by atoms with Crippen LogP contribution in [0.3, 0.4) is 0 Å². The summed E-state index contributed by atoms with van der Waals surface area (Å²) < 4.78 is 0. The van der Waals surface area contributed by atoms with Crippen molar-refractivity contribution in [2.45, 2.75) is 53.4 Å². The minimum atomic E-state index is 0.931. The largest absolute Gasteiger partial charge is 0.370 e. The molecule has 0 spiro atoms. The number of nitrogens with one attached hydrogen (secondary N) is 2. The van der Waals surface area contributed by atoms with Gasteiger partial charge in [0.2, 0.25) is 0 Å². The van der Waals surface area contributed by atoms with Gasteiger partial charge >= 0.3 is 0 Å². The van der Waals surface area contributed by atoms with Crippen LogP contribution in [0.2, 0.25) is 0 Å². The topological polar surface area (TPSA) is 49.8 Å². The van der Waals surface area contributed by atoms with Crippen LogP contribution in [0, 0.1) is 6.92 Å². The summed E-state index contributed by atoms with van der Waals surface area (Å²) in [6, 6.07) is 0. The number of aryl methyl sites for hydroxylation is 1. The Hall–Kier alpha value is -1.32. The molecule has 0 saturated carbocycles. The number of rotatable bonds is 8. The molecule has 1 heterocycles. The maximum atomic E-state index is 4.61. The van der Waals surface area contributed by atoms with Crippen molar-refractivity contribution in [3.63, 3.8) is 0 Å². The molecule has 1 aromatic rings. The average molecular weight is 250 g/mol. The zero-order valence-corrected chi connectivity index (χ0v) is 12.1. The second kappa shape index (κ2) is 7.90. The van der Waals surface area contributed by atoms with Gasteiger partial charge in [-0.3, -0.25) is 0 Å². The zero-order chi connectivity index (χ0) is 13.4. The standard InChI is InChI=1S/C14H26N4/c1-5-8-12-17-13(15-9-6-2)11(4)14(18-12)16-10-7-3/h5-10H2,1-4H3,(H2,15,16,17,18). The Morgan fingerprint density at radius 1 is 0.833 bits per heavy atom. The van der Waals surface area contributed by atoms with E-state index in [1.807, 2.05) is 0 Å². The van der Waals surface area contributed by atoms with E-state index in [1.165, 1.54) is 0 Å². The molecule has 0 bridgehead atoms. The van der Waals surface area contributed by atoms with E-state index in [2.05, 4.69) is 48.3 Å². The predicted octanol–water partition coefficient (Wildman–Crippen LogP) is 3.38. The number of anilines is 2. The monoisotopic (exact) mass is 250 g/mol. The van der Waals surface area contributed by atoms with Crippen molar-refractivity contribution in [1.29, 1.82) is 0 Å². The molecule has 0 saturated heterocycles. The van der Waals surface area contributed by atoms with Crippen LogP contribution >= 0.6 is 0 Å². The zero-order valence-electron chi connectivity index (χ0n) is 12.1. The third-order valence-corrected chi connectivity index (χ3v) is 2.75. The second-order valence-electron chi connectivity index (χ2n) is 4.57. The van der Waals surface area contributed by atoms with E-state index in [4.69, 9.17) is 0 Å². The highest BCUT2D eigenvalue weighted by Gasteiger charge is 2.09. The highest BCUT2D eigenvalue weighted by molar-refractivity contribution is 5.57. The Morgan fingerprint density at radius 2 is 1.33 bits per heavy atom. The van der Waals surface area contributed by atoms with Crippen LogP contribution < -0.4 is 10.6 Å². The Balaban J connectivity index is 2.95. The van der Waals surface area contributed by atoms with Gasteiger partial charge in [0.1, 0.15) is 17.5 Å². The Morgan fingerprint density at radius 3 is 1.72 bits per heavy atom. The lowest BCUT2D eigenvalue weighted by molar-refractivity contribution is 0.825. The molecular formula is C14H26N4. The van der Waals surface area contributed by atoms with Crippen molar-refractivity contribution in [2.24, 2.45) is 0 Å². The number of hydrogen-bond donors (Lipinski definition) is 2. The SMILES string of the molecule is CCCNc1nc(CCC)nc(NCCC)c1C. The minimum Gasteiger partial charge on any atom is -0.370 e. The molecule has 0 fully saturated rings. The maximum Gasteiger partial charge on any atom is 0.134 e. The molecule has 0 aliphatic heterocycles. The van der Waals surface area contributed by atoms with Gasteiger partial charge in [-0.15, -0.1) is 0 Å². The summed E-state index contributed by atoms with van der Waals surface area (Å²) in [5.41, 5.74) is 1.12. The highest BCUT2D eigenvalue weighted by atomic mass is 15.1. The maximum absolute atomic E-state index is 4.61. The van der Waals surface area contributed by atoms with Crippen molar-refractivity contribution in [1.82, 2.24) is 9.97 Å². The summed E-state index contributed by atoms with van der Waals surface area (Å²) in [4.78, 5) is 9.21. The normalized spacial score (nSPS) is 10.4. The fourth-order valence-electron chi connectivity index (χ4n) is 1.73. The van der Waals surface area contributed by atoms with E-state index >= 15 is 0 Å². The molecule has 0 amide bonds. The molecule has 4 heteroatoms. The first-order valence-corrected chi connectivity index (χ1v) is 7.08. The molecule has 0 atom stereocenters. The van der Waals surface area contributed by atoms with Gasteiger partial charge in [0.25, 0.3) is 0 Å². The summed E-state index contributed by atoms with van der Waals surface area (Å²) >= 11 is 0. The number of nitrogens with zero attached hydrogens (tertiary/aromatic N) is 2. The Labute approximate surface area is 111 Å². The lowest BCUT2D eigenvalue weighted by Gasteiger charge is -2.14. The fourth-order valence-corrected chi connectivity index (χ4v) is 1.73. The summed E-state index contributed by atoms with van der Waals surface area (Å²) in [6.07, 6.45) is 4.21. The molecule has 2 N–H and O–H groups in total. The van der Waals surface area contributed by atoms with E-state index in [-0.39, 0.29) is 0 Å². The number of aromatic nitrogens is 2. The van der Waals surface area contributed by atoms with Gasteiger partial charge in [-0.25, -0.2) is 9.97 Å². The van der Waals surface area contributed by atoms with Gasteiger partial charge in [-0.1, -0.05) is 20.8 Å². The van der Waals surface area contributed by atoms with E-state index < -0.39 is 0 Å². The molecule has 0 unspecified atom stereocenters.